The lowest BCUT2D eigenvalue weighted by Gasteiger charge is -2.29. The van der Waals surface area contributed by atoms with E-state index >= 15 is 0 Å². The maximum absolute atomic E-state index is 11.1. The highest BCUT2D eigenvalue weighted by Crippen LogP contribution is 2.18. The van der Waals surface area contributed by atoms with Gasteiger partial charge in [0.15, 0.2) is 0 Å². The minimum atomic E-state index is -0.753. The Morgan fingerprint density at radius 2 is 2.15 bits per heavy atom. The number of aliphatic hydroxyl groups excluding tert-OH is 1. The molecule has 13 heavy (non-hydrogen) atoms. The zero-order valence-corrected chi connectivity index (χ0v) is 8.07. The molecule has 2 atom stereocenters. The fourth-order valence-corrected chi connectivity index (χ4v) is 1.92. The molecule has 4 nitrogen and oxygen atoms in total. The molecule has 1 saturated heterocycles. The van der Waals surface area contributed by atoms with Crippen molar-refractivity contribution < 1.29 is 19.5 Å². The van der Waals surface area contributed by atoms with Crippen LogP contribution in [-0.4, -0.2) is 46.5 Å². The van der Waals surface area contributed by atoms with Crippen molar-refractivity contribution in [2.75, 3.05) is 19.6 Å². The number of likely N-dealkylation sites (tertiary alicyclic amines) is 1. The minimum absolute atomic E-state index is 0.122. The summed E-state index contributed by atoms with van der Waals surface area (Å²) in [5, 5.41) is 18.5. The monoisotopic (exact) mass is 188 g/mol. The molecule has 0 spiro atoms. The van der Waals surface area contributed by atoms with Crippen molar-refractivity contribution in [3.8, 4) is 0 Å². The topological polar surface area (TPSA) is 57.5 Å². The summed E-state index contributed by atoms with van der Waals surface area (Å²) in [7, 11) is 0. The van der Waals surface area contributed by atoms with Crippen molar-refractivity contribution >= 4 is 6.09 Å². The molecule has 0 bridgehead atoms. The first-order chi connectivity index (χ1) is 6.10. The molecule has 76 valence electrons. The van der Waals surface area contributed by atoms with E-state index in [9.17, 15) is 9.90 Å². The number of hydrogen-bond acceptors (Lipinski definition) is 2. The molecule has 1 aliphatic rings. The Kier molecular flexibility index (Phi) is 3.27. The highest BCUT2D eigenvalue weighted by molar-refractivity contribution is 5.56. The lowest BCUT2D eigenvalue weighted by molar-refractivity contribution is -0.855. The van der Waals surface area contributed by atoms with Crippen molar-refractivity contribution in [2.24, 2.45) is 0 Å². The number of amides is 1. The summed E-state index contributed by atoms with van der Waals surface area (Å²) in [5.74, 6) is 0. The van der Waals surface area contributed by atoms with Crippen LogP contribution in [0.4, 0.5) is 4.79 Å². The van der Waals surface area contributed by atoms with Gasteiger partial charge in [0.25, 0.3) is 0 Å². The second-order valence-electron chi connectivity index (χ2n) is 3.78. The van der Waals surface area contributed by atoms with Crippen molar-refractivity contribution in [1.82, 2.24) is 0 Å². The predicted molar refractivity (Wildman–Crippen MR) is 48.4 cm³/mol. The van der Waals surface area contributed by atoms with E-state index in [-0.39, 0.29) is 10.6 Å². The van der Waals surface area contributed by atoms with Crippen LogP contribution in [-0.2, 0) is 0 Å². The van der Waals surface area contributed by atoms with Crippen LogP contribution >= 0.6 is 0 Å². The summed E-state index contributed by atoms with van der Waals surface area (Å²) >= 11 is 0. The fourth-order valence-electron chi connectivity index (χ4n) is 1.92. The van der Waals surface area contributed by atoms with Crippen LogP contribution < -0.4 is 0 Å². The second-order valence-corrected chi connectivity index (χ2v) is 3.78. The summed E-state index contributed by atoms with van der Waals surface area (Å²) in [4.78, 5) is 11.1. The van der Waals surface area contributed by atoms with Gasteiger partial charge in [0, 0.05) is 6.42 Å². The van der Waals surface area contributed by atoms with Crippen LogP contribution in [0.5, 0.6) is 0 Å². The summed E-state index contributed by atoms with van der Waals surface area (Å²) in [5.41, 5.74) is 0. The summed E-state index contributed by atoms with van der Waals surface area (Å²) in [6.45, 7) is 3.73. The molecule has 1 amide bonds. The third-order valence-corrected chi connectivity index (χ3v) is 3.02. The average Bonchev–Trinajstić information content (AvgIpc) is 2.28. The average molecular weight is 188 g/mol. The van der Waals surface area contributed by atoms with Crippen molar-refractivity contribution in [2.45, 2.75) is 32.3 Å². The van der Waals surface area contributed by atoms with Gasteiger partial charge in [0.2, 0.25) is 0 Å². The third kappa shape index (κ3) is 2.19. The summed E-state index contributed by atoms with van der Waals surface area (Å²) in [6, 6.07) is 0. The highest BCUT2D eigenvalue weighted by Gasteiger charge is 2.36. The maximum atomic E-state index is 11.1. The maximum Gasteiger partial charge on any atom is 0.513 e. The van der Waals surface area contributed by atoms with Gasteiger partial charge in [-0.25, -0.2) is 4.48 Å². The van der Waals surface area contributed by atoms with E-state index in [0.717, 1.165) is 12.8 Å². The van der Waals surface area contributed by atoms with Crippen molar-refractivity contribution in [1.29, 1.82) is 0 Å². The van der Waals surface area contributed by atoms with Gasteiger partial charge in [0.05, 0.1) is 25.7 Å². The second kappa shape index (κ2) is 4.07. The first-order valence-corrected chi connectivity index (χ1v) is 4.88. The fraction of sp³-hybridized carbons (Fsp3) is 0.889. The van der Waals surface area contributed by atoms with Crippen LogP contribution in [0.25, 0.3) is 0 Å². The largest absolute Gasteiger partial charge is 0.513 e. The number of aliphatic hydroxyl groups is 1. The zero-order valence-electron chi connectivity index (χ0n) is 8.07. The Labute approximate surface area is 78.4 Å². The van der Waals surface area contributed by atoms with Gasteiger partial charge in [-0.15, -0.1) is 0 Å². The molecule has 1 aliphatic heterocycles. The minimum Gasteiger partial charge on any atom is -0.435 e. The first-order valence-electron chi connectivity index (χ1n) is 4.88. The molecule has 1 heterocycles. The number of quaternary nitrogens is 1. The summed E-state index contributed by atoms with van der Waals surface area (Å²) in [6.07, 6.45) is 1.11. The lowest BCUT2D eigenvalue weighted by Crippen LogP contribution is -2.52. The molecule has 1 rings (SSSR count). The lowest BCUT2D eigenvalue weighted by atomic mass is 10.2. The molecule has 0 aliphatic carbocycles. The summed E-state index contributed by atoms with van der Waals surface area (Å²) < 4.78 is 0.122. The molecule has 0 saturated carbocycles. The molecular weight excluding hydrogens is 170 g/mol. The molecule has 0 aromatic carbocycles. The number of nitrogens with zero attached hydrogens (tertiary/aromatic N) is 1. The van der Waals surface area contributed by atoms with Crippen LogP contribution in [0.15, 0.2) is 0 Å². The Morgan fingerprint density at radius 1 is 1.46 bits per heavy atom. The van der Waals surface area contributed by atoms with Crippen LogP contribution in [0.1, 0.15) is 26.2 Å². The quantitative estimate of drug-likeness (QED) is 0.605. The molecule has 1 fully saturated rings. The van der Waals surface area contributed by atoms with Gasteiger partial charge in [-0.3, -0.25) is 0 Å². The highest BCUT2D eigenvalue weighted by atomic mass is 16.4. The van der Waals surface area contributed by atoms with Gasteiger partial charge >= 0.3 is 6.09 Å². The standard InChI is InChI=1S/C9H17NO3/c1-2-10(9(12)13)6-3-4-8(11)5-7-10/h8,11H,2-7H2,1H3/p+1. The van der Waals surface area contributed by atoms with Gasteiger partial charge in [-0.2, -0.15) is 4.79 Å². The zero-order chi connectivity index (χ0) is 9.90. The van der Waals surface area contributed by atoms with Gasteiger partial charge in [-0.1, -0.05) is 0 Å². The Hall–Kier alpha value is -0.610. The van der Waals surface area contributed by atoms with E-state index in [0.29, 0.717) is 26.1 Å². The molecule has 2 unspecified atom stereocenters. The first kappa shape index (κ1) is 10.5. The van der Waals surface area contributed by atoms with Crippen LogP contribution in [0.2, 0.25) is 0 Å². The van der Waals surface area contributed by atoms with E-state index in [1.54, 1.807) is 0 Å². The molecule has 0 aromatic rings. The van der Waals surface area contributed by atoms with Crippen LogP contribution in [0, 0.1) is 0 Å². The number of carboxylic acid groups (broad SMARTS) is 1. The Morgan fingerprint density at radius 3 is 2.69 bits per heavy atom. The van der Waals surface area contributed by atoms with E-state index in [1.807, 2.05) is 6.92 Å². The normalized spacial score (nSPS) is 35.4. The Bertz CT molecular complexity index is 195. The molecular formula is C9H18NO3+. The molecule has 2 N–H and O–H groups in total. The Balaban J connectivity index is 2.69. The number of carbonyl (C=O) groups is 1. The van der Waals surface area contributed by atoms with E-state index in [2.05, 4.69) is 0 Å². The number of hydrogen-bond donors (Lipinski definition) is 2. The molecule has 0 aromatic heterocycles. The van der Waals surface area contributed by atoms with Crippen molar-refractivity contribution in [3.63, 3.8) is 0 Å². The third-order valence-electron chi connectivity index (χ3n) is 3.02. The van der Waals surface area contributed by atoms with E-state index < -0.39 is 6.09 Å². The molecule has 0 radical (unpaired) electrons. The van der Waals surface area contributed by atoms with Crippen LogP contribution in [0.3, 0.4) is 0 Å². The van der Waals surface area contributed by atoms with E-state index in [4.69, 9.17) is 5.11 Å². The SMILES string of the molecule is CC[N+]1(C(=O)O)CCCC(O)CC1. The van der Waals surface area contributed by atoms with E-state index in [1.165, 1.54) is 0 Å². The molecule has 4 heteroatoms. The van der Waals surface area contributed by atoms with Gasteiger partial charge in [0.1, 0.15) is 0 Å². The van der Waals surface area contributed by atoms with Crippen molar-refractivity contribution in [3.05, 3.63) is 0 Å². The smallest absolute Gasteiger partial charge is 0.435 e. The predicted octanol–water partition coefficient (Wildman–Crippen LogP) is 1.05. The van der Waals surface area contributed by atoms with Gasteiger partial charge < -0.3 is 10.2 Å². The van der Waals surface area contributed by atoms with Gasteiger partial charge in [-0.05, 0) is 19.8 Å². The number of rotatable bonds is 1.